The van der Waals surface area contributed by atoms with Gasteiger partial charge in [-0.05, 0) is 29.8 Å². The topological polar surface area (TPSA) is 96.8 Å². The maximum atomic E-state index is 14.1. The summed E-state index contributed by atoms with van der Waals surface area (Å²) in [5.41, 5.74) is 2.54. The minimum atomic E-state index is -0.379. The number of amides is 2. The number of benzene rings is 2. The van der Waals surface area contributed by atoms with E-state index >= 15 is 0 Å². The van der Waals surface area contributed by atoms with Crippen LogP contribution in [-0.2, 0) is 6.54 Å². The fourth-order valence-corrected chi connectivity index (χ4v) is 2.87. The van der Waals surface area contributed by atoms with E-state index in [0.717, 1.165) is 5.56 Å². The molecule has 2 aromatic heterocycles. The van der Waals surface area contributed by atoms with E-state index < -0.39 is 0 Å². The Morgan fingerprint density at radius 3 is 2.66 bits per heavy atom. The Balaban J connectivity index is 1.53. The van der Waals surface area contributed by atoms with Crippen molar-refractivity contribution in [3.63, 3.8) is 0 Å². The number of nitrogens with zero attached hydrogens (tertiary/aromatic N) is 4. The third-order valence-corrected chi connectivity index (χ3v) is 4.35. The number of hydrogen-bond acceptors (Lipinski definition) is 5. The smallest absolute Gasteiger partial charge is 0.318 e. The summed E-state index contributed by atoms with van der Waals surface area (Å²) in [6, 6.07) is 13.6. The molecule has 0 aliphatic heterocycles. The van der Waals surface area contributed by atoms with Crippen LogP contribution in [-0.4, -0.2) is 32.8 Å². The molecule has 0 atom stereocenters. The maximum Gasteiger partial charge on any atom is 0.318 e. The van der Waals surface area contributed by atoms with Gasteiger partial charge in [0.15, 0.2) is 5.65 Å². The number of rotatable bonds is 5. The molecular weight excluding hydrogens is 373 g/mol. The zero-order chi connectivity index (χ0) is 20.2. The third-order valence-electron chi connectivity index (χ3n) is 4.35. The lowest BCUT2D eigenvalue weighted by molar-refractivity contribution is 0.254. The molecular formula is C20H18FN7O. The van der Waals surface area contributed by atoms with Gasteiger partial charge in [0.2, 0.25) is 0 Å². The quantitative estimate of drug-likeness (QED) is 0.485. The van der Waals surface area contributed by atoms with E-state index in [1.807, 2.05) is 24.3 Å². The van der Waals surface area contributed by atoms with Crippen LogP contribution in [0, 0.1) is 5.82 Å². The predicted molar refractivity (Wildman–Crippen MR) is 108 cm³/mol. The van der Waals surface area contributed by atoms with E-state index in [1.54, 1.807) is 31.4 Å². The van der Waals surface area contributed by atoms with Gasteiger partial charge in [-0.3, -0.25) is 0 Å². The van der Waals surface area contributed by atoms with Crippen LogP contribution in [0.1, 0.15) is 5.56 Å². The van der Waals surface area contributed by atoms with Gasteiger partial charge < -0.3 is 16.0 Å². The molecule has 29 heavy (non-hydrogen) atoms. The Kier molecular flexibility index (Phi) is 5.02. The van der Waals surface area contributed by atoms with Gasteiger partial charge in [-0.1, -0.05) is 24.3 Å². The Hall–Kier alpha value is -4.01. The van der Waals surface area contributed by atoms with Crippen molar-refractivity contribution in [2.75, 3.05) is 17.7 Å². The molecule has 9 heteroatoms. The Bertz CT molecular complexity index is 1160. The van der Waals surface area contributed by atoms with Crippen LogP contribution < -0.4 is 16.0 Å². The highest BCUT2D eigenvalue weighted by Gasteiger charge is 2.13. The van der Waals surface area contributed by atoms with Crippen molar-refractivity contribution in [3.8, 4) is 5.69 Å². The van der Waals surface area contributed by atoms with E-state index in [4.69, 9.17) is 0 Å². The molecule has 2 heterocycles. The van der Waals surface area contributed by atoms with Crippen LogP contribution in [0.25, 0.3) is 16.7 Å². The first-order valence-corrected chi connectivity index (χ1v) is 8.91. The number of urea groups is 1. The number of fused-ring (bicyclic) bond motifs is 1. The average molecular weight is 391 g/mol. The monoisotopic (exact) mass is 391 g/mol. The molecule has 4 aromatic rings. The van der Waals surface area contributed by atoms with Gasteiger partial charge in [-0.25, -0.2) is 23.8 Å². The van der Waals surface area contributed by atoms with Gasteiger partial charge >= 0.3 is 6.03 Å². The zero-order valence-electron chi connectivity index (χ0n) is 15.6. The lowest BCUT2D eigenvalue weighted by Gasteiger charge is -2.09. The molecule has 0 radical (unpaired) electrons. The van der Waals surface area contributed by atoms with Crippen molar-refractivity contribution >= 4 is 28.6 Å². The molecule has 8 nitrogen and oxygen atoms in total. The van der Waals surface area contributed by atoms with Gasteiger partial charge in [0.05, 0.1) is 11.6 Å². The Morgan fingerprint density at radius 1 is 1.10 bits per heavy atom. The SMILES string of the molecule is CNC(=O)Nc1ccc(CNc2ncnc3c2cnn3-c2ccccc2F)cc1. The number of carbonyl (C=O) groups excluding carboxylic acids is 1. The first-order chi connectivity index (χ1) is 14.2. The fourth-order valence-electron chi connectivity index (χ4n) is 2.87. The number of anilines is 2. The molecule has 0 spiro atoms. The molecule has 0 saturated carbocycles. The Morgan fingerprint density at radius 2 is 1.90 bits per heavy atom. The van der Waals surface area contributed by atoms with Crippen molar-refractivity contribution in [2.24, 2.45) is 0 Å². The number of carbonyl (C=O) groups is 1. The second-order valence-electron chi connectivity index (χ2n) is 6.22. The number of aromatic nitrogens is 4. The summed E-state index contributed by atoms with van der Waals surface area (Å²) >= 11 is 0. The van der Waals surface area contributed by atoms with Gasteiger partial charge in [0.25, 0.3) is 0 Å². The minimum absolute atomic E-state index is 0.272. The Labute approximate surface area is 165 Å². The fraction of sp³-hybridized carbons (Fsp3) is 0.100. The number of hydrogen-bond donors (Lipinski definition) is 3. The lowest BCUT2D eigenvalue weighted by Crippen LogP contribution is -2.24. The zero-order valence-corrected chi connectivity index (χ0v) is 15.6. The second kappa shape index (κ2) is 7.93. The van der Waals surface area contributed by atoms with Gasteiger partial charge in [-0.2, -0.15) is 5.10 Å². The predicted octanol–water partition coefficient (Wildman–Crippen LogP) is 3.32. The van der Waals surface area contributed by atoms with Crippen LogP contribution in [0.15, 0.2) is 61.1 Å². The largest absolute Gasteiger partial charge is 0.365 e. The molecule has 0 fully saturated rings. The number of para-hydroxylation sites is 1. The van der Waals surface area contributed by atoms with Crippen molar-refractivity contribution in [3.05, 3.63) is 72.4 Å². The van der Waals surface area contributed by atoms with Crippen molar-refractivity contribution in [2.45, 2.75) is 6.54 Å². The standard InChI is InChI=1S/C20H18FN7O/c1-22-20(29)27-14-8-6-13(7-9-14)10-23-18-15-11-26-28(19(15)25-12-24-18)17-5-3-2-4-16(17)21/h2-9,11-12H,10H2,1H3,(H2,22,27,29)(H,23,24,25). The molecule has 0 saturated heterocycles. The van der Waals surface area contributed by atoms with E-state index in [1.165, 1.54) is 17.1 Å². The van der Waals surface area contributed by atoms with Crippen molar-refractivity contribution < 1.29 is 9.18 Å². The lowest BCUT2D eigenvalue weighted by atomic mass is 10.2. The summed E-state index contributed by atoms with van der Waals surface area (Å²) in [5, 5.41) is 13.4. The maximum absolute atomic E-state index is 14.1. The number of nitrogens with one attached hydrogen (secondary N) is 3. The first-order valence-electron chi connectivity index (χ1n) is 8.91. The average Bonchev–Trinajstić information content (AvgIpc) is 3.18. The summed E-state index contributed by atoms with van der Waals surface area (Å²) in [7, 11) is 1.56. The van der Waals surface area contributed by atoms with Crippen LogP contribution in [0.5, 0.6) is 0 Å². The summed E-state index contributed by atoms with van der Waals surface area (Å²) in [5.74, 6) is 0.223. The van der Waals surface area contributed by atoms with Crippen LogP contribution in [0.3, 0.4) is 0 Å². The highest BCUT2D eigenvalue weighted by Crippen LogP contribution is 2.23. The van der Waals surface area contributed by atoms with Gasteiger partial charge in [0.1, 0.15) is 23.6 Å². The van der Waals surface area contributed by atoms with Gasteiger partial charge in [0, 0.05) is 19.3 Å². The highest BCUT2D eigenvalue weighted by molar-refractivity contribution is 5.89. The van der Waals surface area contributed by atoms with E-state index in [-0.39, 0.29) is 11.8 Å². The molecule has 146 valence electrons. The highest BCUT2D eigenvalue weighted by atomic mass is 19.1. The second-order valence-corrected chi connectivity index (χ2v) is 6.22. The molecule has 2 amide bonds. The molecule has 4 rings (SSSR count). The van der Waals surface area contributed by atoms with Crippen LogP contribution >= 0.6 is 0 Å². The number of halogens is 1. The summed E-state index contributed by atoms with van der Waals surface area (Å²) in [6.07, 6.45) is 3.03. The molecule has 3 N–H and O–H groups in total. The van der Waals surface area contributed by atoms with E-state index in [0.29, 0.717) is 34.8 Å². The molecule has 2 aromatic carbocycles. The molecule has 0 aliphatic rings. The minimum Gasteiger partial charge on any atom is -0.365 e. The first kappa shape index (κ1) is 18.4. The van der Waals surface area contributed by atoms with E-state index in [2.05, 4.69) is 31.0 Å². The van der Waals surface area contributed by atoms with E-state index in [9.17, 15) is 9.18 Å². The van der Waals surface area contributed by atoms with Crippen molar-refractivity contribution in [1.82, 2.24) is 25.1 Å². The van der Waals surface area contributed by atoms with Crippen molar-refractivity contribution in [1.29, 1.82) is 0 Å². The van der Waals surface area contributed by atoms with Crippen LogP contribution in [0.2, 0.25) is 0 Å². The van der Waals surface area contributed by atoms with Crippen LogP contribution in [0.4, 0.5) is 20.7 Å². The summed E-state index contributed by atoms with van der Waals surface area (Å²) in [4.78, 5) is 19.9. The summed E-state index contributed by atoms with van der Waals surface area (Å²) in [6.45, 7) is 0.511. The normalized spacial score (nSPS) is 10.7. The van der Waals surface area contributed by atoms with Gasteiger partial charge in [-0.15, -0.1) is 0 Å². The molecule has 0 aliphatic carbocycles. The molecule has 0 unspecified atom stereocenters. The third kappa shape index (κ3) is 3.84. The molecule has 0 bridgehead atoms. The summed E-state index contributed by atoms with van der Waals surface area (Å²) < 4.78 is 15.6.